The fourth-order valence-corrected chi connectivity index (χ4v) is 1.99. The van der Waals surface area contributed by atoms with Crippen LogP contribution in [-0.4, -0.2) is 23.7 Å². The monoisotopic (exact) mass is 295 g/mol. The fourth-order valence-electron chi connectivity index (χ4n) is 1.52. The van der Waals surface area contributed by atoms with E-state index in [1.807, 2.05) is 31.3 Å². The topological polar surface area (TPSA) is 51.0 Å². The van der Waals surface area contributed by atoms with E-state index in [0.29, 0.717) is 11.7 Å². The van der Waals surface area contributed by atoms with Gasteiger partial charge in [0.05, 0.1) is 0 Å². The summed E-state index contributed by atoms with van der Waals surface area (Å²) in [6.07, 6.45) is 1.80. The zero-order chi connectivity index (χ0) is 12.1. The first-order valence-electron chi connectivity index (χ1n) is 5.53. The minimum absolute atomic E-state index is 0.636. The van der Waals surface area contributed by atoms with Crippen LogP contribution in [0.25, 0.3) is 11.4 Å². The Kier molecular flexibility index (Phi) is 4.28. The molecule has 0 saturated carbocycles. The van der Waals surface area contributed by atoms with Crippen molar-refractivity contribution in [2.24, 2.45) is 0 Å². The first-order chi connectivity index (χ1) is 8.31. The van der Waals surface area contributed by atoms with Gasteiger partial charge in [-0.1, -0.05) is 33.2 Å². The van der Waals surface area contributed by atoms with E-state index < -0.39 is 0 Å². The van der Waals surface area contributed by atoms with E-state index in [0.717, 1.165) is 29.4 Å². The van der Waals surface area contributed by atoms with E-state index in [9.17, 15) is 0 Å². The zero-order valence-corrected chi connectivity index (χ0v) is 11.2. The van der Waals surface area contributed by atoms with Gasteiger partial charge in [-0.25, -0.2) is 0 Å². The summed E-state index contributed by atoms with van der Waals surface area (Å²) in [6.45, 7) is 0.951. The summed E-state index contributed by atoms with van der Waals surface area (Å²) in [7, 11) is 1.93. The van der Waals surface area contributed by atoms with Crippen LogP contribution in [0.2, 0.25) is 0 Å². The Morgan fingerprint density at radius 2 is 2.18 bits per heavy atom. The second kappa shape index (κ2) is 5.93. The molecule has 0 aliphatic rings. The number of nitrogens with zero attached hydrogens (tertiary/aromatic N) is 2. The smallest absolute Gasteiger partial charge is 0.227 e. The third-order valence-electron chi connectivity index (χ3n) is 2.40. The Morgan fingerprint density at radius 3 is 2.94 bits per heavy atom. The van der Waals surface area contributed by atoms with Crippen molar-refractivity contribution in [3.63, 3.8) is 0 Å². The van der Waals surface area contributed by atoms with Gasteiger partial charge in [0.2, 0.25) is 11.7 Å². The molecule has 17 heavy (non-hydrogen) atoms. The molecule has 0 aliphatic carbocycles. The molecule has 2 rings (SSSR count). The van der Waals surface area contributed by atoms with Crippen LogP contribution in [0.15, 0.2) is 33.3 Å². The maximum atomic E-state index is 5.21. The molecule has 4 nitrogen and oxygen atoms in total. The lowest BCUT2D eigenvalue weighted by molar-refractivity contribution is 0.375. The van der Waals surface area contributed by atoms with Crippen LogP contribution in [0, 0.1) is 0 Å². The normalized spacial score (nSPS) is 10.7. The van der Waals surface area contributed by atoms with Gasteiger partial charge in [-0.05, 0) is 32.1 Å². The summed E-state index contributed by atoms with van der Waals surface area (Å²) in [5, 5.41) is 7.08. The van der Waals surface area contributed by atoms with Gasteiger partial charge in [0, 0.05) is 16.5 Å². The number of hydrogen-bond acceptors (Lipinski definition) is 4. The number of nitrogens with one attached hydrogen (secondary N) is 1. The van der Waals surface area contributed by atoms with Crippen molar-refractivity contribution >= 4 is 15.9 Å². The molecular formula is C12H14BrN3O. The van der Waals surface area contributed by atoms with Crippen molar-refractivity contribution in [3.8, 4) is 11.4 Å². The van der Waals surface area contributed by atoms with Gasteiger partial charge in [-0.15, -0.1) is 0 Å². The SMILES string of the molecule is CNCCCc1nc(-c2ccccc2Br)no1. The predicted molar refractivity (Wildman–Crippen MR) is 69.7 cm³/mol. The molecule has 1 aromatic heterocycles. The number of aromatic nitrogens is 2. The second-order valence-electron chi connectivity index (χ2n) is 3.70. The van der Waals surface area contributed by atoms with Crippen LogP contribution in [0.1, 0.15) is 12.3 Å². The largest absolute Gasteiger partial charge is 0.339 e. The minimum Gasteiger partial charge on any atom is -0.339 e. The third kappa shape index (κ3) is 3.14. The molecule has 0 spiro atoms. The van der Waals surface area contributed by atoms with Gasteiger partial charge < -0.3 is 9.84 Å². The van der Waals surface area contributed by atoms with E-state index in [1.54, 1.807) is 0 Å². The molecule has 1 N–H and O–H groups in total. The van der Waals surface area contributed by atoms with Crippen molar-refractivity contribution in [2.75, 3.05) is 13.6 Å². The minimum atomic E-state index is 0.636. The number of rotatable bonds is 5. The van der Waals surface area contributed by atoms with Gasteiger partial charge >= 0.3 is 0 Å². The van der Waals surface area contributed by atoms with Crippen molar-refractivity contribution in [1.82, 2.24) is 15.5 Å². The Bertz CT molecular complexity index is 484. The average molecular weight is 296 g/mol. The summed E-state index contributed by atoms with van der Waals surface area (Å²) in [6, 6.07) is 7.84. The lowest BCUT2D eigenvalue weighted by Crippen LogP contribution is -2.08. The molecule has 0 radical (unpaired) electrons. The molecule has 0 fully saturated rings. The van der Waals surface area contributed by atoms with Crippen molar-refractivity contribution < 1.29 is 4.52 Å². The highest BCUT2D eigenvalue weighted by atomic mass is 79.9. The van der Waals surface area contributed by atoms with Gasteiger partial charge in [0.15, 0.2) is 0 Å². The highest BCUT2D eigenvalue weighted by Gasteiger charge is 2.10. The van der Waals surface area contributed by atoms with Crippen LogP contribution in [0.4, 0.5) is 0 Å². The van der Waals surface area contributed by atoms with E-state index in [2.05, 4.69) is 31.4 Å². The molecule has 0 bridgehead atoms. The summed E-state index contributed by atoms with van der Waals surface area (Å²) < 4.78 is 6.19. The first-order valence-corrected chi connectivity index (χ1v) is 6.32. The van der Waals surface area contributed by atoms with Crippen LogP contribution in [0.5, 0.6) is 0 Å². The van der Waals surface area contributed by atoms with Crippen molar-refractivity contribution in [2.45, 2.75) is 12.8 Å². The molecule has 90 valence electrons. The van der Waals surface area contributed by atoms with Gasteiger partial charge in [0.25, 0.3) is 0 Å². The van der Waals surface area contributed by atoms with Crippen LogP contribution >= 0.6 is 15.9 Å². The standard InChI is InChI=1S/C12H14BrN3O/c1-14-8-4-7-11-15-12(16-17-11)9-5-2-3-6-10(9)13/h2-3,5-6,14H,4,7-8H2,1H3. The summed E-state index contributed by atoms with van der Waals surface area (Å²) in [4.78, 5) is 4.38. The van der Waals surface area contributed by atoms with Crippen molar-refractivity contribution in [3.05, 3.63) is 34.6 Å². The molecule has 1 aromatic carbocycles. The molecule has 0 atom stereocenters. The lowest BCUT2D eigenvalue weighted by Gasteiger charge is -1.96. The van der Waals surface area contributed by atoms with Crippen molar-refractivity contribution in [1.29, 1.82) is 0 Å². The molecule has 5 heteroatoms. The van der Waals surface area contributed by atoms with E-state index in [4.69, 9.17) is 4.52 Å². The molecule has 0 unspecified atom stereocenters. The number of halogens is 1. The Hall–Kier alpha value is -1.20. The average Bonchev–Trinajstić information content (AvgIpc) is 2.79. The molecule has 0 saturated heterocycles. The summed E-state index contributed by atoms with van der Waals surface area (Å²) in [5.74, 6) is 1.32. The van der Waals surface area contributed by atoms with E-state index in [-0.39, 0.29) is 0 Å². The second-order valence-corrected chi connectivity index (χ2v) is 4.55. The van der Waals surface area contributed by atoms with Crippen LogP contribution < -0.4 is 5.32 Å². The number of hydrogen-bond donors (Lipinski definition) is 1. The van der Waals surface area contributed by atoms with E-state index >= 15 is 0 Å². The maximum Gasteiger partial charge on any atom is 0.227 e. The first kappa shape index (κ1) is 12.3. The molecule has 0 aliphatic heterocycles. The molecule has 1 heterocycles. The highest BCUT2D eigenvalue weighted by molar-refractivity contribution is 9.10. The van der Waals surface area contributed by atoms with Gasteiger partial charge in [0.1, 0.15) is 0 Å². The fraction of sp³-hybridized carbons (Fsp3) is 0.333. The number of aryl methyl sites for hydroxylation is 1. The van der Waals surface area contributed by atoms with Gasteiger partial charge in [-0.3, -0.25) is 0 Å². The summed E-state index contributed by atoms with van der Waals surface area (Å²) in [5.41, 5.74) is 0.955. The van der Waals surface area contributed by atoms with Gasteiger partial charge in [-0.2, -0.15) is 4.98 Å². The summed E-state index contributed by atoms with van der Waals surface area (Å²) >= 11 is 3.47. The maximum absolute atomic E-state index is 5.21. The zero-order valence-electron chi connectivity index (χ0n) is 9.61. The quantitative estimate of drug-likeness (QED) is 0.862. The van der Waals surface area contributed by atoms with Crippen LogP contribution in [-0.2, 0) is 6.42 Å². The molecular weight excluding hydrogens is 282 g/mol. The predicted octanol–water partition coefficient (Wildman–Crippen LogP) is 2.65. The Balaban J connectivity index is 2.10. The lowest BCUT2D eigenvalue weighted by atomic mass is 10.2. The Labute approximate surface area is 109 Å². The van der Waals surface area contributed by atoms with E-state index in [1.165, 1.54) is 0 Å². The molecule has 0 amide bonds. The van der Waals surface area contributed by atoms with Crippen LogP contribution in [0.3, 0.4) is 0 Å². The highest BCUT2D eigenvalue weighted by Crippen LogP contribution is 2.25. The molecule has 2 aromatic rings. The Morgan fingerprint density at radius 1 is 1.35 bits per heavy atom. The number of benzene rings is 1. The third-order valence-corrected chi connectivity index (χ3v) is 3.09.